The quantitative estimate of drug-likeness (QED) is 0.876. The first kappa shape index (κ1) is 17.7. The maximum atomic E-state index is 12.7. The van der Waals surface area contributed by atoms with Crippen LogP contribution in [0.15, 0.2) is 54.6 Å². The van der Waals surface area contributed by atoms with E-state index in [4.69, 9.17) is 5.73 Å². The van der Waals surface area contributed by atoms with Crippen molar-refractivity contribution in [2.24, 2.45) is 11.7 Å². The molecule has 5 heteroatoms. The Bertz CT molecular complexity index is 836. The number of anilines is 1. The zero-order chi connectivity index (χ0) is 18.8. The highest BCUT2D eigenvalue weighted by Gasteiger charge is 2.34. The number of carbonyl (C=O) groups is 2. The summed E-state index contributed by atoms with van der Waals surface area (Å²) in [7, 11) is 0. The molecule has 2 aliphatic rings. The minimum atomic E-state index is -0.148. The summed E-state index contributed by atoms with van der Waals surface area (Å²) >= 11 is 0. The second-order valence-corrected chi connectivity index (χ2v) is 7.57. The van der Waals surface area contributed by atoms with Gasteiger partial charge in [-0.15, -0.1) is 0 Å². The molecule has 2 heterocycles. The second-order valence-electron chi connectivity index (χ2n) is 7.57. The van der Waals surface area contributed by atoms with Crippen molar-refractivity contribution in [3.8, 4) is 0 Å². The molecule has 0 saturated carbocycles. The van der Waals surface area contributed by atoms with Crippen molar-refractivity contribution in [3.63, 3.8) is 0 Å². The maximum absolute atomic E-state index is 12.7. The lowest BCUT2D eigenvalue weighted by Gasteiger charge is -2.25. The molecule has 2 aromatic rings. The molecule has 2 amide bonds. The lowest BCUT2D eigenvalue weighted by Crippen LogP contribution is -2.34. The number of amides is 2. The van der Waals surface area contributed by atoms with Crippen LogP contribution in [0.25, 0.3) is 0 Å². The molecule has 1 saturated heterocycles. The van der Waals surface area contributed by atoms with Crippen LogP contribution in [0.1, 0.15) is 29.9 Å². The van der Waals surface area contributed by atoms with Gasteiger partial charge in [0.1, 0.15) is 0 Å². The van der Waals surface area contributed by atoms with Gasteiger partial charge in [-0.25, -0.2) is 0 Å². The molecule has 0 aliphatic carbocycles. The van der Waals surface area contributed by atoms with Gasteiger partial charge in [0.2, 0.25) is 11.8 Å². The molecule has 3 N–H and O–H groups in total. The minimum Gasteiger partial charge on any atom is -0.340 e. The van der Waals surface area contributed by atoms with Crippen LogP contribution in [0.4, 0.5) is 5.69 Å². The number of fused-ring (bicyclic) bond motifs is 1. The summed E-state index contributed by atoms with van der Waals surface area (Å²) in [6.07, 6.45) is 1.65. The van der Waals surface area contributed by atoms with Gasteiger partial charge in [-0.3, -0.25) is 9.59 Å². The van der Waals surface area contributed by atoms with Gasteiger partial charge in [-0.2, -0.15) is 0 Å². The van der Waals surface area contributed by atoms with Gasteiger partial charge >= 0.3 is 0 Å². The predicted octanol–water partition coefficient (Wildman–Crippen LogP) is 2.53. The fraction of sp³-hybridized carbons (Fsp3) is 0.364. The number of nitrogens with zero attached hydrogens (tertiary/aromatic N) is 1. The summed E-state index contributed by atoms with van der Waals surface area (Å²) in [5.74, 6) is 0.141. The second kappa shape index (κ2) is 7.53. The number of nitrogens with two attached hydrogens (primary N) is 1. The van der Waals surface area contributed by atoms with Crippen molar-refractivity contribution in [1.29, 1.82) is 0 Å². The van der Waals surface area contributed by atoms with Crippen LogP contribution < -0.4 is 11.1 Å². The number of benzene rings is 2. The number of carbonyl (C=O) groups excluding carboxylic acids is 2. The van der Waals surface area contributed by atoms with Gasteiger partial charge in [0.25, 0.3) is 0 Å². The maximum Gasteiger partial charge on any atom is 0.227 e. The molecule has 1 fully saturated rings. The molecule has 0 radical (unpaired) electrons. The van der Waals surface area contributed by atoms with Gasteiger partial charge in [0.15, 0.2) is 0 Å². The van der Waals surface area contributed by atoms with Crippen LogP contribution in [0.2, 0.25) is 0 Å². The number of nitrogens with one attached hydrogen (secondary N) is 1. The number of para-hydroxylation sites is 1. The van der Waals surface area contributed by atoms with Crippen LogP contribution in [-0.2, 0) is 16.0 Å². The van der Waals surface area contributed by atoms with E-state index in [9.17, 15) is 9.59 Å². The van der Waals surface area contributed by atoms with E-state index in [1.54, 1.807) is 0 Å². The van der Waals surface area contributed by atoms with Crippen molar-refractivity contribution in [1.82, 2.24) is 4.90 Å². The Morgan fingerprint density at radius 1 is 1.07 bits per heavy atom. The Balaban J connectivity index is 1.34. The molecule has 3 atom stereocenters. The number of likely N-dealkylation sites (tertiary alicyclic amines) is 1. The van der Waals surface area contributed by atoms with E-state index >= 15 is 0 Å². The van der Waals surface area contributed by atoms with E-state index in [-0.39, 0.29) is 29.7 Å². The Hall–Kier alpha value is -2.66. The van der Waals surface area contributed by atoms with Crippen LogP contribution in [0.3, 0.4) is 0 Å². The molecule has 5 nitrogen and oxygen atoms in total. The molecule has 0 aromatic heterocycles. The molecule has 140 valence electrons. The van der Waals surface area contributed by atoms with Gasteiger partial charge in [0, 0.05) is 43.1 Å². The molecule has 4 rings (SSSR count). The summed E-state index contributed by atoms with van der Waals surface area (Å²) in [6, 6.07) is 18.0. The number of rotatable bonds is 4. The summed E-state index contributed by atoms with van der Waals surface area (Å²) in [5.41, 5.74) is 9.51. The Kier molecular flexibility index (Phi) is 4.94. The lowest BCUT2D eigenvalue weighted by molar-refractivity contribution is -0.130. The first-order valence-corrected chi connectivity index (χ1v) is 9.59. The zero-order valence-electron chi connectivity index (χ0n) is 15.3. The Labute approximate surface area is 159 Å². The summed E-state index contributed by atoms with van der Waals surface area (Å²) in [6.45, 7) is 1.24. The molecular formula is C22H25N3O2. The predicted molar refractivity (Wildman–Crippen MR) is 105 cm³/mol. The largest absolute Gasteiger partial charge is 0.340 e. The van der Waals surface area contributed by atoms with Gasteiger partial charge < -0.3 is 16.0 Å². The zero-order valence-corrected chi connectivity index (χ0v) is 15.3. The van der Waals surface area contributed by atoms with E-state index in [1.165, 1.54) is 5.56 Å². The Morgan fingerprint density at radius 2 is 1.81 bits per heavy atom. The molecule has 2 aromatic carbocycles. The Morgan fingerprint density at radius 3 is 2.63 bits per heavy atom. The summed E-state index contributed by atoms with van der Waals surface area (Å²) in [5, 5.41) is 2.96. The van der Waals surface area contributed by atoms with Crippen molar-refractivity contribution in [3.05, 3.63) is 65.7 Å². The fourth-order valence-corrected chi connectivity index (χ4v) is 4.19. The third-order valence-electron chi connectivity index (χ3n) is 5.76. The lowest BCUT2D eigenvalue weighted by atomic mass is 9.89. The average Bonchev–Trinajstić information content (AvgIpc) is 3.08. The standard InChI is InChI=1S/C22H25N3O2/c23-19-14-25(13-18(19)15-6-2-1-3-7-15)21(26)11-10-17-12-16-8-4-5-9-20(16)24-22(17)27/h1-9,17-19H,10-14,23H2,(H,24,27)/t17?,18-,19+/m0/s1. The molecule has 2 aliphatic heterocycles. The van der Waals surface area contributed by atoms with Crippen molar-refractivity contribution >= 4 is 17.5 Å². The molecule has 1 unspecified atom stereocenters. The van der Waals surface area contributed by atoms with Crippen molar-refractivity contribution < 1.29 is 9.59 Å². The normalized spacial score (nSPS) is 24.4. The van der Waals surface area contributed by atoms with Crippen LogP contribution >= 0.6 is 0 Å². The highest BCUT2D eigenvalue weighted by molar-refractivity contribution is 5.96. The van der Waals surface area contributed by atoms with Crippen LogP contribution in [0, 0.1) is 5.92 Å². The molecule has 0 spiro atoms. The summed E-state index contributed by atoms with van der Waals surface area (Å²) in [4.78, 5) is 26.9. The van der Waals surface area contributed by atoms with E-state index < -0.39 is 0 Å². The molecule has 27 heavy (non-hydrogen) atoms. The van der Waals surface area contributed by atoms with Gasteiger partial charge in [-0.1, -0.05) is 48.5 Å². The topological polar surface area (TPSA) is 75.4 Å². The third-order valence-corrected chi connectivity index (χ3v) is 5.76. The minimum absolute atomic E-state index is 0.0155. The van der Waals surface area contributed by atoms with E-state index in [0.717, 1.165) is 11.3 Å². The first-order valence-electron chi connectivity index (χ1n) is 9.59. The molecule has 0 bridgehead atoms. The van der Waals surface area contributed by atoms with Crippen molar-refractivity contribution in [2.75, 3.05) is 18.4 Å². The van der Waals surface area contributed by atoms with Gasteiger partial charge in [0.05, 0.1) is 0 Å². The third kappa shape index (κ3) is 3.74. The fourth-order valence-electron chi connectivity index (χ4n) is 4.19. The van der Waals surface area contributed by atoms with Crippen LogP contribution in [-0.4, -0.2) is 35.8 Å². The van der Waals surface area contributed by atoms with Crippen LogP contribution in [0.5, 0.6) is 0 Å². The van der Waals surface area contributed by atoms with E-state index in [0.29, 0.717) is 32.4 Å². The smallest absolute Gasteiger partial charge is 0.227 e. The first-order chi connectivity index (χ1) is 13.1. The number of hydrogen-bond donors (Lipinski definition) is 2. The van der Waals surface area contributed by atoms with Gasteiger partial charge in [-0.05, 0) is 30.0 Å². The monoisotopic (exact) mass is 363 g/mol. The highest BCUT2D eigenvalue weighted by Crippen LogP contribution is 2.29. The average molecular weight is 363 g/mol. The van der Waals surface area contributed by atoms with E-state index in [1.807, 2.05) is 47.4 Å². The summed E-state index contributed by atoms with van der Waals surface area (Å²) < 4.78 is 0. The van der Waals surface area contributed by atoms with E-state index in [2.05, 4.69) is 17.4 Å². The highest BCUT2D eigenvalue weighted by atomic mass is 16.2. The number of hydrogen-bond acceptors (Lipinski definition) is 3. The SMILES string of the molecule is N[C@@H]1CN(C(=O)CCC2Cc3ccccc3NC2=O)C[C@H]1c1ccccc1. The van der Waals surface area contributed by atoms with Crippen molar-refractivity contribution in [2.45, 2.75) is 31.2 Å². The molecular weight excluding hydrogens is 338 g/mol.